The van der Waals surface area contributed by atoms with Crippen molar-refractivity contribution in [2.24, 2.45) is 0 Å². The molecule has 5 nitrogen and oxygen atoms in total. The van der Waals surface area contributed by atoms with Gasteiger partial charge < -0.3 is 4.90 Å². The SMILES string of the molecule is CCCS(=O)(=O)N1CCN(C(=O)c2ccc(C(C)(C)C)cc2C)CC1. The first-order valence-corrected chi connectivity index (χ1v) is 10.6. The number of carbonyl (C=O) groups excluding carboxylic acids is 1. The van der Waals surface area contributed by atoms with Crippen LogP contribution in [0.15, 0.2) is 18.2 Å². The van der Waals surface area contributed by atoms with Gasteiger partial charge in [0.05, 0.1) is 5.75 Å². The first-order valence-electron chi connectivity index (χ1n) is 8.94. The third-order valence-corrected chi connectivity index (χ3v) is 6.78. The highest BCUT2D eigenvalue weighted by Crippen LogP contribution is 2.25. The predicted octanol–water partition coefficient (Wildman–Crippen LogP) is 2.79. The zero-order valence-corrected chi connectivity index (χ0v) is 16.8. The van der Waals surface area contributed by atoms with E-state index >= 15 is 0 Å². The average molecular weight is 367 g/mol. The normalized spacial score (nSPS) is 16.9. The van der Waals surface area contributed by atoms with E-state index < -0.39 is 10.0 Å². The van der Waals surface area contributed by atoms with Gasteiger partial charge in [-0.2, -0.15) is 4.31 Å². The average Bonchev–Trinajstić information content (AvgIpc) is 2.53. The Morgan fingerprint density at radius 1 is 1.12 bits per heavy atom. The Balaban J connectivity index is 2.08. The van der Waals surface area contributed by atoms with Gasteiger partial charge in [0.25, 0.3) is 5.91 Å². The van der Waals surface area contributed by atoms with Crippen molar-refractivity contribution in [3.8, 4) is 0 Å². The van der Waals surface area contributed by atoms with Gasteiger partial charge in [-0.25, -0.2) is 8.42 Å². The minimum Gasteiger partial charge on any atom is -0.336 e. The second kappa shape index (κ2) is 7.46. The van der Waals surface area contributed by atoms with E-state index in [1.165, 1.54) is 9.87 Å². The van der Waals surface area contributed by atoms with Crippen molar-refractivity contribution >= 4 is 15.9 Å². The van der Waals surface area contributed by atoms with Crippen LogP contribution in [0.4, 0.5) is 0 Å². The molecule has 1 aromatic rings. The molecule has 0 unspecified atom stereocenters. The van der Waals surface area contributed by atoms with Gasteiger partial charge in [-0.05, 0) is 36.0 Å². The van der Waals surface area contributed by atoms with E-state index in [1.54, 1.807) is 4.90 Å². The van der Waals surface area contributed by atoms with Gasteiger partial charge in [-0.1, -0.05) is 39.8 Å². The largest absolute Gasteiger partial charge is 0.336 e. The fourth-order valence-corrected chi connectivity index (χ4v) is 4.59. The number of carbonyl (C=O) groups is 1. The molecule has 1 saturated heterocycles. The predicted molar refractivity (Wildman–Crippen MR) is 101 cm³/mol. The monoisotopic (exact) mass is 366 g/mol. The molecule has 1 fully saturated rings. The van der Waals surface area contributed by atoms with E-state index in [2.05, 4.69) is 26.8 Å². The molecule has 0 aliphatic carbocycles. The number of nitrogens with zero attached hydrogens (tertiary/aromatic N) is 2. The Labute approximate surface area is 152 Å². The minimum absolute atomic E-state index is 0.00880. The summed E-state index contributed by atoms with van der Waals surface area (Å²) in [6.07, 6.45) is 0.612. The third-order valence-electron chi connectivity index (χ3n) is 4.70. The highest BCUT2D eigenvalue weighted by molar-refractivity contribution is 7.89. The molecule has 25 heavy (non-hydrogen) atoms. The number of sulfonamides is 1. The summed E-state index contributed by atoms with van der Waals surface area (Å²) in [5.41, 5.74) is 2.93. The van der Waals surface area contributed by atoms with Crippen molar-refractivity contribution in [3.05, 3.63) is 34.9 Å². The lowest BCUT2D eigenvalue weighted by molar-refractivity contribution is 0.0697. The molecule has 140 valence electrons. The number of hydrogen-bond acceptors (Lipinski definition) is 3. The molecule has 0 radical (unpaired) electrons. The lowest BCUT2D eigenvalue weighted by atomic mass is 9.85. The molecule has 6 heteroatoms. The molecule has 0 saturated carbocycles. The van der Waals surface area contributed by atoms with Crippen LogP contribution in [-0.4, -0.2) is 55.5 Å². The number of piperazine rings is 1. The van der Waals surface area contributed by atoms with Crippen LogP contribution in [-0.2, 0) is 15.4 Å². The summed E-state index contributed by atoms with van der Waals surface area (Å²) < 4.78 is 25.8. The number of rotatable bonds is 4. The lowest BCUT2D eigenvalue weighted by Crippen LogP contribution is -2.51. The van der Waals surface area contributed by atoms with Crippen molar-refractivity contribution in [2.45, 2.75) is 46.5 Å². The number of benzene rings is 1. The first kappa shape index (κ1) is 19.9. The Kier molecular flexibility index (Phi) is 5.94. The lowest BCUT2D eigenvalue weighted by Gasteiger charge is -2.34. The van der Waals surface area contributed by atoms with E-state index in [0.717, 1.165) is 5.56 Å². The van der Waals surface area contributed by atoms with Crippen molar-refractivity contribution in [1.82, 2.24) is 9.21 Å². The van der Waals surface area contributed by atoms with Crippen LogP contribution in [0.25, 0.3) is 0 Å². The fourth-order valence-electron chi connectivity index (χ4n) is 3.10. The summed E-state index contributed by atoms with van der Waals surface area (Å²) in [5, 5.41) is 0. The van der Waals surface area contributed by atoms with E-state index in [4.69, 9.17) is 0 Å². The van der Waals surface area contributed by atoms with Crippen LogP contribution in [0.3, 0.4) is 0 Å². The van der Waals surface area contributed by atoms with Crippen LogP contribution < -0.4 is 0 Å². The van der Waals surface area contributed by atoms with Crippen LogP contribution in [0.5, 0.6) is 0 Å². The fraction of sp³-hybridized carbons (Fsp3) is 0.632. The first-order chi connectivity index (χ1) is 11.6. The molecule has 1 amide bonds. The van der Waals surface area contributed by atoms with Crippen LogP contribution in [0.2, 0.25) is 0 Å². The highest BCUT2D eigenvalue weighted by Gasteiger charge is 2.29. The Bertz CT molecular complexity index is 728. The summed E-state index contributed by atoms with van der Waals surface area (Å²) in [6, 6.07) is 6.00. The zero-order chi connectivity index (χ0) is 18.8. The van der Waals surface area contributed by atoms with E-state index in [-0.39, 0.29) is 17.1 Å². The van der Waals surface area contributed by atoms with Gasteiger partial charge >= 0.3 is 0 Å². The Hall–Kier alpha value is -1.40. The molecule has 0 spiro atoms. The number of hydrogen-bond donors (Lipinski definition) is 0. The van der Waals surface area contributed by atoms with Crippen molar-refractivity contribution < 1.29 is 13.2 Å². The van der Waals surface area contributed by atoms with Crippen molar-refractivity contribution in [1.29, 1.82) is 0 Å². The van der Waals surface area contributed by atoms with Gasteiger partial charge in [0.15, 0.2) is 0 Å². The van der Waals surface area contributed by atoms with E-state index in [0.29, 0.717) is 38.2 Å². The van der Waals surface area contributed by atoms with Crippen LogP contribution in [0.1, 0.15) is 55.6 Å². The van der Waals surface area contributed by atoms with Gasteiger partial charge in [0, 0.05) is 31.7 Å². The number of amides is 1. The summed E-state index contributed by atoms with van der Waals surface area (Å²) in [5.74, 6) is 0.166. The van der Waals surface area contributed by atoms with Crippen LogP contribution >= 0.6 is 0 Å². The molecule has 1 aromatic carbocycles. The molecule has 1 heterocycles. The zero-order valence-electron chi connectivity index (χ0n) is 16.0. The summed E-state index contributed by atoms with van der Waals surface area (Å²) in [7, 11) is -3.18. The highest BCUT2D eigenvalue weighted by atomic mass is 32.2. The molecule has 2 rings (SSSR count). The van der Waals surface area contributed by atoms with Crippen molar-refractivity contribution in [3.63, 3.8) is 0 Å². The van der Waals surface area contributed by atoms with E-state index in [1.807, 2.05) is 26.0 Å². The Morgan fingerprint density at radius 2 is 1.72 bits per heavy atom. The quantitative estimate of drug-likeness (QED) is 0.823. The van der Waals surface area contributed by atoms with E-state index in [9.17, 15) is 13.2 Å². The second-order valence-corrected chi connectivity index (χ2v) is 9.88. The van der Waals surface area contributed by atoms with Gasteiger partial charge in [0.2, 0.25) is 10.0 Å². The molecular formula is C19H30N2O3S. The second-order valence-electron chi connectivity index (χ2n) is 7.79. The minimum atomic E-state index is -3.18. The molecule has 0 bridgehead atoms. The molecule has 0 N–H and O–H groups in total. The summed E-state index contributed by atoms with van der Waals surface area (Å²) in [4.78, 5) is 14.6. The molecule has 0 atom stereocenters. The van der Waals surface area contributed by atoms with Gasteiger partial charge in [-0.15, -0.1) is 0 Å². The Morgan fingerprint density at radius 3 is 2.20 bits per heavy atom. The maximum absolute atomic E-state index is 12.8. The molecular weight excluding hydrogens is 336 g/mol. The molecule has 1 aliphatic rings. The molecule has 0 aromatic heterocycles. The maximum Gasteiger partial charge on any atom is 0.254 e. The van der Waals surface area contributed by atoms with Crippen LogP contribution in [0, 0.1) is 6.92 Å². The summed E-state index contributed by atoms with van der Waals surface area (Å²) in [6.45, 7) is 11.9. The third kappa shape index (κ3) is 4.61. The smallest absolute Gasteiger partial charge is 0.254 e. The van der Waals surface area contributed by atoms with Gasteiger partial charge in [-0.3, -0.25) is 4.79 Å². The van der Waals surface area contributed by atoms with Crippen molar-refractivity contribution in [2.75, 3.05) is 31.9 Å². The summed E-state index contributed by atoms with van der Waals surface area (Å²) >= 11 is 0. The number of aryl methyl sites for hydroxylation is 1. The van der Waals surface area contributed by atoms with Gasteiger partial charge in [0.1, 0.15) is 0 Å². The maximum atomic E-state index is 12.8. The standard InChI is InChI=1S/C19H30N2O3S/c1-6-13-25(23,24)21-11-9-20(10-12-21)18(22)17-8-7-16(14-15(17)2)19(3,4)5/h7-8,14H,6,9-13H2,1-5H3. The topological polar surface area (TPSA) is 57.7 Å². The molecule has 1 aliphatic heterocycles.